The average molecular weight is 245 g/mol. The normalized spacial score (nSPS) is 11.9. The van der Waals surface area contributed by atoms with Gasteiger partial charge in [0.05, 0.1) is 6.54 Å². The molecule has 0 aliphatic heterocycles. The highest BCUT2D eigenvalue weighted by Gasteiger charge is 2.16. The Labute approximate surface area is 98.8 Å². The minimum atomic E-state index is -2.49. The van der Waals surface area contributed by atoms with Crippen molar-refractivity contribution in [1.82, 2.24) is 9.88 Å². The van der Waals surface area contributed by atoms with Gasteiger partial charge < -0.3 is 15.6 Å². The van der Waals surface area contributed by atoms with Crippen molar-refractivity contribution in [2.45, 2.75) is 32.4 Å². The van der Waals surface area contributed by atoms with Gasteiger partial charge >= 0.3 is 0 Å². The minimum absolute atomic E-state index is 0.217. The quantitative estimate of drug-likeness (QED) is 0.819. The fourth-order valence-electron chi connectivity index (χ4n) is 1.33. The van der Waals surface area contributed by atoms with Gasteiger partial charge in [-0.3, -0.25) is 4.79 Å². The van der Waals surface area contributed by atoms with Gasteiger partial charge in [-0.05, 0) is 26.0 Å². The van der Waals surface area contributed by atoms with Gasteiger partial charge in [0.2, 0.25) is 0 Å². The van der Waals surface area contributed by atoms with E-state index >= 15 is 0 Å². The lowest BCUT2D eigenvalue weighted by molar-refractivity contribution is 0.0923. The second-order valence-corrected chi connectivity index (χ2v) is 4.61. The fraction of sp³-hybridized carbons (Fsp3) is 0.545. The predicted molar refractivity (Wildman–Crippen MR) is 61.0 cm³/mol. The lowest BCUT2D eigenvalue weighted by Crippen LogP contribution is -2.45. The van der Waals surface area contributed by atoms with E-state index < -0.39 is 24.4 Å². The third kappa shape index (κ3) is 4.52. The van der Waals surface area contributed by atoms with Gasteiger partial charge in [-0.1, -0.05) is 0 Å². The monoisotopic (exact) mass is 245 g/mol. The van der Waals surface area contributed by atoms with E-state index in [4.69, 9.17) is 5.73 Å². The number of amides is 1. The van der Waals surface area contributed by atoms with E-state index in [1.54, 1.807) is 19.9 Å². The second-order valence-electron chi connectivity index (χ2n) is 4.61. The van der Waals surface area contributed by atoms with Crippen LogP contribution in [0.3, 0.4) is 0 Å². The van der Waals surface area contributed by atoms with Gasteiger partial charge in [-0.2, -0.15) is 0 Å². The summed E-state index contributed by atoms with van der Waals surface area (Å²) in [7, 11) is 0. The number of hydrogen-bond donors (Lipinski definition) is 2. The maximum atomic E-state index is 12.2. The van der Waals surface area contributed by atoms with Crippen molar-refractivity contribution >= 4 is 5.91 Å². The van der Waals surface area contributed by atoms with E-state index in [1.165, 1.54) is 16.8 Å². The molecule has 6 heteroatoms. The molecular formula is C11H17F2N3O. The third-order valence-electron chi connectivity index (χ3n) is 2.10. The molecule has 0 fully saturated rings. The van der Waals surface area contributed by atoms with Crippen LogP contribution in [0.4, 0.5) is 8.78 Å². The first-order chi connectivity index (χ1) is 7.79. The van der Waals surface area contributed by atoms with Gasteiger partial charge in [-0.25, -0.2) is 8.78 Å². The van der Waals surface area contributed by atoms with Crippen LogP contribution in [0.15, 0.2) is 18.3 Å². The minimum Gasteiger partial charge on any atom is -0.349 e. The fourth-order valence-corrected chi connectivity index (χ4v) is 1.33. The number of alkyl halides is 2. The van der Waals surface area contributed by atoms with Crippen molar-refractivity contribution in [2.24, 2.45) is 5.73 Å². The van der Waals surface area contributed by atoms with Gasteiger partial charge in [0.25, 0.3) is 12.3 Å². The summed E-state index contributed by atoms with van der Waals surface area (Å²) in [5.74, 6) is -0.394. The topological polar surface area (TPSA) is 60.0 Å². The molecule has 0 unspecified atom stereocenters. The summed E-state index contributed by atoms with van der Waals surface area (Å²) in [4.78, 5) is 11.7. The van der Waals surface area contributed by atoms with Crippen LogP contribution in [0.25, 0.3) is 0 Å². The highest BCUT2D eigenvalue weighted by atomic mass is 19.3. The molecule has 17 heavy (non-hydrogen) atoms. The van der Waals surface area contributed by atoms with Crippen molar-refractivity contribution in [1.29, 1.82) is 0 Å². The van der Waals surface area contributed by atoms with Crippen LogP contribution < -0.4 is 11.1 Å². The molecule has 3 N–H and O–H groups in total. The van der Waals surface area contributed by atoms with E-state index in [1.807, 2.05) is 0 Å². The Morgan fingerprint density at radius 1 is 1.59 bits per heavy atom. The van der Waals surface area contributed by atoms with Crippen molar-refractivity contribution in [3.05, 3.63) is 24.0 Å². The number of nitrogens with one attached hydrogen (secondary N) is 1. The van der Waals surface area contributed by atoms with Crippen molar-refractivity contribution in [2.75, 3.05) is 6.54 Å². The Balaban J connectivity index is 2.66. The number of aromatic nitrogens is 1. The first kappa shape index (κ1) is 13.6. The molecule has 0 aliphatic rings. The number of hydrogen-bond acceptors (Lipinski definition) is 2. The largest absolute Gasteiger partial charge is 0.349 e. The maximum Gasteiger partial charge on any atom is 0.267 e. The zero-order chi connectivity index (χ0) is 13.1. The van der Waals surface area contributed by atoms with Crippen molar-refractivity contribution in [3.8, 4) is 0 Å². The number of nitrogens with zero attached hydrogens (tertiary/aromatic N) is 1. The van der Waals surface area contributed by atoms with E-state index in [2.05, 4.69) is 5.32 Å². The molecule has 1 amide bonds. The summed E-state index contributed by atoms with van der Waals surface area (Å²) in [5, 5.41) is 2.61. The Morgan fingerprint density at radius 2 is 2.24 bits per heavy atom. The number of rotatable bonds is 5. The molecule has 1 aromatic rings. The number of carbonyl (C=O) groups is 1. The molecule has 96 valence electrons. The lowest BCUT2D eigenvalue weighted by Gasteiger charge is -2.19. The van der Waals surface area contributed by atoms with Crippen LogP contribution in [-0.2, 0) is 6.54 Å². The van der Waals surface area contributed by atoms with Crippen LogP contribution >= 0.6 is 0 Å². The highest BCUT2D eigenvalue weighted by Crippen LogP contribution is 2.06. The lowest BCUT2D eigenvalue weighted by atomic mass is 10.1. The summed E-state index contributed by atoms with van der Waals surface area (Å²) in [6.45, 7) is 3.34. The molecule has 0 aliphatic carbocycles. The molecule has 0 radical (unpaired) electrons. The Kier molecular flexibility index (Phi) is 4.22. The summed E-state index contributed by atoms with van der Waals surface area (Å²) < 4.78 is 25.7. The highest BCUT2D eigenvalue weighted by molar-refractivity contribution is 5.92. The summed E-state index contributed by atoms with van der Waals surface area (Å²) in [5.41, 5.74) is 5.40. The summed E-state index contributed by atoms with van der Waals surface area (Å²) in [6.07, 6.45) is -1.03. The molecule has 0 bridgehead atoms. The molecule has 1 heterocycles. The zero-order valence-electron chi connectivity index (χ0n) is 9.91. The van der Waals surface area contributed by atoms with E-state index in [-0.39, 0.29) is 12.2 Å². The molecule has 0 saturated heterocycles. The smallest absolute Gasteiger partial charge is 0.267 e. The van der Waals surface area contributed by atoms with Crippen LogP contribution in [0.1, 0.15) is 24.3 Å². The van der Waals surface area contributed by atoms with E-state index in [0.29, 0.717) is 0 Å². The third-order valence-corrected chi connectivity index (χ3v) is 2.10. The van der Waals surface area contributed by atoms with Crippen molar-refractivity contribution in [3.63, 3.8) is 0 Å². The van der Waals surface area contributed by atoms with Gasteiger partial charge in [0.15, 0.2) is 0 Å². The predicted octanol–water partition coefficient (Wildman–Crippen LogP) is 1.22. The van der Waals surface area contributed by atoms with Crippen LogP contribution in [-0.4, -0.2) is 29.0 Å². The Bertz CT molecular complexity index is 382. The van der Waals surface area contributed by atoms with E-state index in [9.17, 15) is 13.6 Å². The second kappa shape index (κ2) is 5.27. The first-order valence-electron chi connectivity index (χ1n) is 5.30. The molecule has 0 spiro atoms. The number of carbonyl (C=O) groups excluding carboxylic acids is 1. The summed E-state index contributed by atoms with van der Waals surface area (Å²) >= 11 is 0. The molecule has 4 nitrogen and oxygen atoms in total. The Hall–Kier alpha value is -1.43. The first-order valence-corrected chi connectivity index (χ1v) is 5.30. The maximum absolute atomic E-state index is 12.2. The molecule has 1 rings (SSSR count). The van der Waals surface area contributed by atoms with Gasteiger partial charge in [0.1, 0.15) is 5.69 Å². The van der Waals surface area contributed by atoms with Crippen LogP contribution in [0, 0.1) is 0 Å². The molecule has 0 atom stereocenters. The molecule has 0 aromatic carbocycles. The van der Waals surface area contributed by atoms with E-state index in [0.717, 1.165) is 0 Å². The van der Waals surface area contributed by atoms with Crippen LogP contribution in [0.5, 0.6) is 0 Å². The van der Waals surface area contributed by atoms with Crippen molar-refractivity contribution < 1.29 is 13.6 Å². The molecule has 1 aromatic heterocycles. The standard InChI is InChI=1S/C11H17F2N3O/c1-11(2,14)7-15-10(17)8-4-3-5-16(8)6-9(12)13/h3-5,9H,6-7,14H2,1-2H3,(H,15,17). The zero-order valence-corrected chi connectivity index (χ0v) is 9.91. The summed E-state index contributed by atoms with van der Waals surface area (Å²) in [6, 6.07) is 3.06. The Morgan fingerprint density at radius 3 is 2.76 bits per heavy atom. The number of halogens is 2. The SMILES string of the molecule is CC(C)(N)CNC(=O)c1cccn1CC(F)F. The molecule has 0 saturated carbocycles. The van der Waals surface area contributed by atoms with Gasteiger partial charge in [0, 0.05) is 18.3 Å². The van der Waals surface area contributed by atoms with Crippen LogP contribution in [0.2, 0.25) is 0 Å². The average Bonchev–Trinajstić information content (AvgIpc) is 2.60. The molecular weight excluding hydrogens is 228 g/mol. The van der Waals surface area contributed by atoms with Gasteiger partial charge in [-0.15, -0.1) is 0 Å². The number of nitrogens with two attached hydrogens (primary N) is 1.